The molecule has 2 rings (SSSR count). The Bertz CT molecular complexity index is 516. The topological polar surface area (TPSA) is 34.9 Å². The van der Waals surface area contributed by atoms with Crippen molar-refractivity contribution in [2.75, 3.05) is 0 Å². The Kier molecular flexibility index (Phi) is 2.04. The highest BCUT2D eigenvalue weighted by Gasteiger charge is 2.08. The zero-order valence-corrected chi connectivity index (χ0v) is 8.67. The van der Waals surface area contributed by atoms with E-state index in [4.69, 9.17) is 11.6 Å². The van der Waals surface area contributed by atoms with Crippen molar-refractivity contribution < 1.29 is 4.79 Å². The molecule has 2 aromatic heterocycles. The van der Waals surface area contributed by atoms with Crippen molar-refractivity contribution >= 4 is 28.5 Å². The lowest BCUT2D eigenvalue weighted by Gasteiger charge is -2.00. The Hall–Kier alpha value is -1.35. The molecule has 4 heteroatoms. The molecule has 0 spiro atoms. The van der Waals surface area contributed by atoms with Gasteiger partial charge in [-0.2, -0.15) is 0 Å². The van der Waals surface area contributed by atoms with Crippen molar-refractivity contribution in [2.24, 2.45) is 0 Å². The van der Waals surface area contributed by atoms with Gasteiger partial charge in [0, 0.05) is 18.5 Å². The van der Waals surface area contributed by atoms with Crippen LogP contribution in [0.25, 0.3) is 11.0 Å². The molecule has 0 aliphatic heterocycles. The summed E-state index contributed by atoms with van der Waals surface area (Å²) in [6.45, 7) is 3.44. The fourth-order valence-corrected chi connectivity index (χ4v) is 1.73. The van der Waals surface area contributed by atoms with Gasteiger partial charge in [-0.3, -0.25) is 9.36 Å². The standard InChI is InChI=1S/C10H9ClN2O/c1-6-5-9(11)12-10-8(6)3-4-13(10)7(2)14/h3-5H,1-2H3. The van der Waals surface area contributed by atoms with Crippen LogP contribution < -0.4 is 0 Å². The summed E-state index contributed by atoms with van der Waals surface area (Å²) in [5.41, 5.74) is 1.66. The second-order valence-electron chi connectivity index (χ2n) is 3.20. The number of rotatable bonds is 0. The maximum absolute atomic E-state index is 11.2. The van der Waals surface area contributed by atoms with Crippen molar-refractivity contribution in [1.29, 1.82) is 0 Å². The largest absolute Gasteiger partial charge is 0.274 e. The van der Waals surface area contributed by atoms with Gasteiger partial charge >= 0.3 is 0 Å². The van der Waals surface area contributed by atoms with Crippen LogP contribution in [-0.2, 0) is 0 Å². The Morgan fingerprint density at radius 1 is 1.57 bits per heavy atom. The van der Waals surface area contributed by atoms with E-state index in [1.165, 1.54) is 11.5 Å². The van der Waals surface area contributed by atoms with Gasteiger partial charge in [-0.05, 0) is 24.6 Å². The zero-order valence-electron chi connectivity index (χ0n) is 7.91. The number of carbonyl (C=O) groups excluding carboxylic acids is 1. The van der Waals surface area contributed by atoms with Crippen molar-refractivity contribution in [1.82, 2.24) is 9.55 Å². The van der Waals surface area contributed by atoms with E-state index in [0.717, 1.165) is 10.9 Å². The summed E-state index contributed by atoms with van der Waals surface area (Å²) in [5, 5.41) is 1.38. The molecule has 0 fully saturated rings. The second-order valence-corrected chi connectivity index (χ2v) is 3.59. The van der Waals surface area contributed by atoms with E-state index in [1.54, 1.807) is 12.3 Å². The molecule has 0 saturated heterocycles. The minimum Gasteiger partial charge on any atom is -0.274 e. The minimum absolute atomic E-state index is 0.0610. The van der Waals surface area contributed by atoms with Gasteiger partial charge in [0.15, 0.2) is 0 Å². The quantitative estimate of drug-likeness (QED) is 0.624. The third-order valence-electron chi connectivity index (χ3n) is 2.17. The molecule has 0 amide bonds. The smallest absolute Gasteiger partial charge is 0.229 e. The molecule has 0 N–H and O–H groups in total. The first-order chi connectivity index (χ1) is 6.59. The van der Waals surface area contributed by atoms with Gasteiger partial charge in [0.25, 0.3) is 0 Å². The van der Waals surface area contributed by atoms with Gasteiger partial charge in [0.2, 0.25) is 5.91 Å². The highest BCUT2D eigenvalue weighted by atomic mass is 35.5. The first kappa shape index (κ1) is 9.21. The maximum atomic E-state index is 11.2. The molecule has 0 aromatic carbocycles. The van der Waals surface area contributed by atoms with Crippen molar-refractivity contribution in [3.63, 3.8) is 0 Å². The van der Waals surface area contributed by atoms with Crippen LogP contribution in [0.3, 0.4) is 0 Å². The van der Waals surface area contributed by atoms with Crippen LogP contribution in [0, 0.1) is 6.92 Å². The van der Waals surface area contributed by atoms with E-state index in [-0.39, 0.29) is 5.91 Å². The number of hydrogen-bond acceptors (Lipinski definition) is 2. The Morgan fingerprint density at radius 3 is 2.93 bits per heavy atom. The predicted molar refractivity (Wildman–Crippen MR) is 55.8 cm³/mol. The Morgan fingerprint density at radius 2 is 2.29 bits per heavy atom. The van der Waals surface area contributed by atoms with E-state index >= 15 is 0 Å². The second kappa shape index (κ2) is 3.10. The van der Waals surface area contributed by atoms with Crippen LogP contribution in [0.4, 0.5) is 0 Å². The van der Waals surface area contributed by atoms with Crippen molar-refractivity contribution in [3.8, 4) is 0 Å². The lowest BCUT2D eigenvalue weighted by molar-refractivity contribution is 0.0941. The van der Waals surface area contributed by atoms with Gasteiger partial charge in [-0.1, -0.05) is 11.6 Å². The molecule has 0 saturated carbocycles. The molecular formula is C10H9ClN2O. The number of pyridine rings is 1. The molecule has 2 aromatic rings. The fraction of sp³-hybridized carbons (Fsp3) is 0.200. The Labute approximate surface area is 86.3 Å². The molecule has 0 unspecified atom stereocenters. The molecular weight excluding hydrogens is 200 g/mol. The summed E-state index contributed by atoms with van der Waals surface area (Å²) < 4.78 is 1.49. The third-order valence-corrected chi connectivity index (χ3v) is 2.37. The number of nitrogens with zero attached hydrogens (tertiary/aromatic N) is 2. The summed E-state index contributed by atoms with van der Waals surface area (Å²) in [6.07, 6.45) is 1.71. The van der Waals surface area contributed by atoms with Crippen molar-refractivity contribution in [2.45, 2.75) is 13.8 Å². The summed E-state index contributed by atoms with van der Waals surface area (Å²) in [4.78, 5) is 15.3. The van der Waals surface area contributed by atoms with Gasteiger partial charge in [0.1, 0.15) is 10.8 Å². The average Bonchev–Trinajstić information content (AvgIpc) is 2.47. The van der Waals surface area contributed by atoms with Crippen LogP contribution in [-0.4, -0.2) is 15.5 Å². The van der Waals surface area contributed by atoms with E-state index in [9.17, 15) is 4.79 Å². The molecule has 0 atom stereocenters. The van der Waals surface area contributed by atoms with Crippen LogP contribution in [0.5, 0.6) is 0 Å². The summed E-state index contributed by atoms with van der Waals surface area (Å²) >= 11 is 5.82. The SMILES string of the molecule is CC(=O)n1ccc2c(C)cc(Cl)nc21. The molecule has 14 heavy (non-hydrogen) atoms. The monoisotopic (exact) mass is 208 g/mol. The average molecular weight is 209 g/mol. The molecule has 3 nitrogen and oxygen atoms in total. The van der Waals surface area contributed by atoms with Gasteiger partial charge < -0.3 is 0 Å². The van der Waals surface area contributed by atoms with Crippen LogP contribution in [0.1, 0.15) is 17.3 Å². The minimum atomic E-state index is -0.0610. The van der Waals surface area contributed by atoms with E-state index in [2.05, 4.69) is 4.98 Å². The highest BCUT2D eigenvalue weighted by Crippen LogP contribution is 2.21. The third kappa shape index (κ3) is 1.30. The molecule has 0 bridgehead atoms. The fourth-order valence-electron chi connectivity index (χ4n) is 1.49. The number of aryl methyl sites for hydroxylation is 1. The number of carbonyl (C=O) groups is 1. The van der Waals surface area contributed by atoms with Crippen LogP contribution >= 0.6 is 11.6 Å². The van der Waals surface area contributed by atoms with Gasteiger partial charge in [0.05, 0.1) is 0 Å². The number of fused-ring (bicyclic) bond motifs is 1. The molecule has 0 radical (unpaired) electrons. The first-order valence-corrected chi connectivity index (χ1v) is 4.62. The van der Waals surface area contributed by atoms with Gasteiger partial charge in [-0.15, -0.1) is 0 Å². The summed E-state index contributed by atoms with van der Waals surface area (Å²) in [5.74, 6) is -0.0610. The lowest BCUT2D eigenvalue weighted by atomic mass is 10.2. The molecule has 72 valence electrons. The number of halogens is 1. The molecule has 0 aliphatic carbocycles. The Balaban J connectivity index is 2.85. The normalized spacial score (nSPS) is 10.8. The van der Waals surface area contributed by atoms with E-state index < -0.39 is 0 Å². The molecule has 2 heterocycles. The summed E-state index contributed by atoms with van der Waals surface area (Å²) in [7, 11) is 0. The van der Waals surface area contributed by atoms with Gasteiger partial charge in [-0.25, -0.2) is 4.98 Å². The van der Waals surface area contributed by atoms with Crippen LogP contribution in [0.2, 0.25) is 5.15 Å². The maximum Gasteiger partial charge on any atom is 0.229 e. The first-order valence-electron chi connectivity index (χ1n) is 4.25. The van der Waals surface area contributed by atoms with Crippen molar-refractivity contribution in [3.05, 3.63) is 29.0 Å². The lowest BCUT2D eigenvalue weighted by Crippen LogP contribution is -2.04. The summed E-state index contributed by atoms with van der Waals surface area (Å²) in [6, 6.07) is 3.66. The van der Waals surface area contributed by atoms with E-state index in [1.807, 2.05) is 13.0 Å². The zero-order chi connectivity index (χ0) is 10.3. The van der Waals surface area contributed by atoms with Crippen LogP contribution in [0.15, 0.2) is 18.3 Å². The predicted octanol–water partition coefficient (Wildman–Crippen LogP) is 2.66. The number of hydrogen-bond donors (Lipinski definition) is 0. The highest BCUT2D eigenvalue weighted by molar-refractivity contribution is 6.29. The number of aromatic nitrogens is 2. The molecule has 0 aliphatic rings. The van der Waals surface area contributed by atoms with E-state index in [0.29, 0.717) is 10.8 Å².